The molecule has 2 heterocycles. The Bertz CT molecular complexity index is 990. The van der Waals surface area contributed by atoms with E-state index in [4.69, 9.17) is 9.26 Å². The highest BCUT2D eigenvalue weighted by atomic mass is 16.5. The molecule has 0 N–H and O–H groups in total. The minimum Gasteiger partial charge on any atom is -0.489 e. The van der Waals surface area contributed by atoms with Crippen molar-refractivity contribution in [3.05, 3.63) is 90.7 Å². The van der Waals surface area contributed by atoms with Gasteiger partial charge in [0.25, 0.3) is 0 Å². The van der Waals surface area contributed by atoms with Crippen LogP contribution in [0.1, 0.15) is 31.2 Å². The molecule has 28 heavy (non-hydrogen) atoms. The summed E-state index contributed by atoms with van der Waals surface area (Å²) in [7, 11) is 0. The summed E-state index contributed by atoms with van der Waals surface area (Å²) in [5, 5.41) is 4.27. The molecule has 2 aromatic heterocycles. The van der Waals surface area contributed by atoms with E-state index < -0.39 is 0 Å². The lowest BCUT2D eigenvalue weighted by atomic mass is 10.0. The molecule has 0 saturated heterocycles. The number of ether oxygens (including phenoxy) is 1. The van der Waals surface area contributed by atoms with Crippen LogP contribution < -0.4 is 4.74 Å². The minimum absolute atomic E-state index is 0.0669. The van der Waals surface area contributed by atoms with Crippen LogP contribution in [0.3, 0.4) is 0 Å². The average molecular weight is 373 g/mol. The summed E-state index contributed by atoms with van der Waals surface area (Å²) in [5.41, 5.74) is 2.96. The van der Waals surface area contributed by atoms with Crippen LogP contribution in [0.2, 0.25) is 0 Å². The van der Waals surface area contributed by atoms with Crippen LogP contribution in [-0.2, 0) is 6.61 Å². The van der Waals surface area contributed by atoms with Crippen LogP contribution >= 0.6 is 0 Å². The van der Waals surface area contributed by atoms with Gasteiger partial charge in [0.05, 0.1) is 12.4 Å². The molecular weight excluding hydrogens is 350 g/mol. The van der Waals surface area contributed by atoms with Crippen LogP contribution in [0.15, 0.2) is 83.9 Å². The van der Waals surface area contributed by atoms with E-state index in [-0.39, 0.29) is 6.04 Å². The van der Waals surface area contributed by atoms with Gasteiger partial charge >= 0.3 is 0 Å². The standard InChI is InChI=1S/C23H23N3O2/c1-17(2)23(26-13-12-24-16-26)22-14-21(25-28-22)19-8-10-20(11-9-19)27-15-18-6-4-3-5-7-18/h3-14,16-17,23H,15H2,1-2H3. The second-order valence-electron chi connectivity index (χ2n) is 7.11. The van der Waals surface area contributed by atoms with E-state index in [9.17, 15) is 0 Å². The van der Waals surface area contributed by atoms with Crippen LogP contribution in [0, 0.1) is 5.92 Å². The predicted molar refractivity (Wildman–Crippen MR) is 108 cm³/mol. The number of rotatable bonds is 7. The first-order chi connectivity index (χ1) is 13.7. The Hall–Kier alpha value is -3.34. The minimum atomic E-state index is 0.0669. The maximum atomic E-state index is 5.85. The molecule has 4 rings (SSSR count). The summed E-state index contributed by atoms with van der Waals surface area (Å²) in [6.07, 6.45) is 5.54. The van der Waals surface area contributed by atoms with Crippen molar-refractivity contribution in [1.29, 1.82) is 0 Å². The lowest BCUT2D eigenvalue weighted by Crippen LogP contribution is -2.14. The fourth-order valence-corrected chi connectivity index (χ4v) is 3.28. The van der Waals surface area contributed by atoms with E-state index in [0.29, 0.717) is 12.5 Å². The zero-order valence-corrected chi connectivity index (χ0v) is 16.0. The Morgan fingerprint density at radius 2 is 1.82 bits per heavy atom. The Labute approximate surface area is 164 Å². The first kappa shape index (κ1) is 18.0. The molecule has 142 valence electrons. The van der Waals surface area contributed by atoms with E-state index in [0.717, 1.165) is 28.3 Å². The third-order valence-corrected chi connectivity index (χ3v) is 4.70. The molecule has 0 amide bonds. The van der Waals surface area contributed by atoms with Gasteiger partial charge in [-0.3, -0.25) is 0 Å². The molecule has 4 aromatic rings. The van der Waals surface area contributed by atoms with Crippen molar-refractivity contribution in [3.63, 3.8) is 0 Å². The van der Waals surface area contributed by atoms with Gasteiger partial charge in [0.1, 0.15) is 18.1 Å². The van der Waals surface area contributed by atoms with Crippen molar-refractivity contribution in [1.82, 2.24) is 14.7 Å². The Kier molecular flexibility index (Phi) is 5.24. The molecular formula is C23H23N3O2. The number of benzene rings is 2. The molecule has 0 aliphatic heterocycles. The van der Waals surface area contributed by atoms with Crippen molar-refractivity contribution in [2.75, 3.05) is 0 Å². The largest absolute Gasteiger partial charge is 0.489 e. The Morgan fingerprint density at radius 3 is 2.50 bits per heavy atom. The van der Waals surface area contributed by atoms with Gasteiger partial charge in [-0.05, 0) is 35.7 Å². The van der Waals surface area contributed by atoms with Crippen LogP contribution in [-0.4, -0.2) is 14.7 Å². The Morgan fingerprint density at radius 1 is 1.04 bits per heavy atom. The monoisotopic (exact) mass is 373 g/mol. The molecule has 0 aliphatic carbocycles. The normalized spacial score (nSPS) is 12.2. The Balaban J connectivity index is 1.48. The molecule has 0 radical (unpaired) electrons. The lowest BCUT2D eigenvalue weighted by molar-refractivity contribution is 0.305. The van der Waals surface area contributed by atoms with Crippen molar-refractivity contribution in [3.8, 4) is 17.0 Å². The maximum Gasteiger partial charge on any atom is 0.160 e. The van der Waals surface area contributed by atoms with E-state index >= 15 is 0 Å². The fourth-order valence-electron chi connectivity index (χ4n) is 3.28. The summed E-state index contributed by atoms with van der Waals surface area (Å²) >= 11 is 0. The van der Waals surface area contributed by atoms with Crippen molar-refractivity contribution >= 4 is 0 Å². The van der Waals surface area contributed by atoms with E-state index in [1.165, 1.54) is 0 Å². The second kappa shape index (κ2) is 8.13. The first-order valence-electron chi connectivity index (χ1n) is 9.42. The topological polar surface area (TPSA) is 53.1 Å². The van der Waals surface area contributed by atoms with E-state index in [2.05, 4.69) is 40.7 Å². The number of nitrogens with zero attached hydrogens (tertiary/aromatic N) is 3. The zero-order valence-electron chi connectivity index (χ0n) is 16.0. The smallest absolute Gasteiger partial charge is 0.160 e. The highest BCUT2D eigenvalue weighted by molar-refractivity contribution is 5.60. The maximum absolute atomic E-state index is 5.85. The van der Waals surface area contributed by atoms with Crippen LogP contribution in [0.4, 0.5) is 0 Å². The van der Waals surface area contributed by atoms with Gasteiger partial charge < -0.3 is 13.8 Å². The number of aromatic nitrogens is 3. The molecule has 0 spiro atoms. The van der Waals surface area contributed by atoms with Gasteiger partial charge in [-0.25, -0.2) is 4.98 Å². The summed E-state index contributed by atoms with van der Waals surface area (Å²) in [6, 6.07) is 20.1. The van der Waals surface area contributed by atoms with Gasteiger partial charge in [-0.2, -0.15) is 0 Å². The SMILES string of the molecule is CC(C)C(c1cc(-c2ccc(OCc3ccccc3)cc2)no1)n1ccnc1. The zero-order chi connectivity index (χ0) is 19.3. The predicted octanol–water partition coefficient (Wildman–Crippen LogP) is 5.36. The first-order valence-corrected chi connectivity index (χ1v) is 9.42. The van der Waals surface area contributed by atoms with Gasteiger partial charge in [0.15, 0.2) is 5.76 Å². The summed E-state index contributed by atoms with van der Waals surface area (Å²) in [5.74, 6) is 2.01. The van der Waals surface area contributed by atoms with Gasteiger partial charge in [-0.15, -0.1) is 0 Å². The lowest BCUT2D eigenvalue weighted by Gasteiger charge is -2.18. The van der Waals surface area contributed by atoms with E-state index in [1.807, 2.05) is 61.1 Å². The molecule has 2 aromatic carbocycles. The summed E-state index contributed by atoms with van der Waals surface area (Å²) < 4.78 is 13.6. The summed E-state index contributed by atoms with van der Waals surface area (Å²) in [4.78, 5) is 4.15. The number of hydrogen-bond donors (Lipinski definition) is 0. The molecule has 5 nitrogen and oxygen atoms in total. The van der Waals surface area contributed by atoms with Gasteiger partial charge in [0, 0.05) is 24.0 Å². The third-order valence-electron chi connectivity index (χ3n) is 4.70. The fraction of sp³-hybridized carbons (Fsp3) is 0.217. The average Bonchev–Trinajstić information content (AvgIpc) is 3.41. The summed E-state index contributed by atoms with van der Waals surface area (Å²) in [6.45, 7) is 4.87. The molecule has 1 unspecified atom stereocenters. The highest BCUT2D eigenvalue weighted by Crippen LogP contribution is 2.30. The molecule has 0 saturated carbocycles. The highest BCUT2D eigenvalue weighted by Gasteiger charge is 2.22. The third kappa shape index (κ3) is 3.98. The molecule has 0 fully saturated rings. The van der Waals surface area contributed by atoms with Crippen LogP contribution in [0.25, 0.3) is 11.3 Å². The number of hydrogen-bond acceptors (Lipinski definition) is 4. The van der Waals surface area contributed by atoms with E-state index in [1.54, 1.807) is 6.20 Å². The van der Waals surface area contributed by atoms with Crippen LogP contribution in [0.5, 0.6) is 5.75 Å². The van der Waals surface area contributed by atoms with Crippen molar-refractivity contribution < 1.29 is 9.26 Å². The molecule has 1 atom stereocenters. The van der Waals surface area contributed by atoms with Crippen molar-refractivity contribution in [2.45, 2.75) is 26.5 Å². The molecule has 5 heteroatoms. The quantitative estimate of drug-likeness (QED) is 0.437. The molecule has 0 bridgehead atoms. The molecule has 0 aliphatic rings. The van der Waals surface area contributed by atoms with Gasteiger partial charge in [-0.1, -0.05) is 49.3 Å². The second-order valence-corrected chi connectivity index (χ2v) is 7.11. The van der Waals surface area contributed by atoms with Crippen molar-refractivity contribution in [2.24, 2.45) is 5.92 Å². The van der Waals surface area contributed by atoms with Gasteiger partial charge in [0.2, 0.25) is 0 Å². The number of imidazole rings is 1.